The normalized spacial score (nSPS) is 7.78. The molecule has 3 heteroatoms. The van der Waals surface area contributed by atoms with Crippen LogP contribution in [-0.4, -0.2) is 29.8 Å². The van der Waals surface area contributed by atoms with Crippen LogP contribution < -0.4 is 5.32 Å². The van der Waals surface area contributed by atoms with Gasteiger partial charge in [0.05, 0.1) is 0 Å². The lowest BCUT2D eigenvalue weighted by atomic mass is 10.3. The van der Waals surface area contributed by atoms with Crippen LogP contribution in [0.15, 0.2) is 0 Å². The highest BCUT2D eigenvalue weighted by molar-refractivity contribution is 5.75. The van der Waals surface area contributed by atoms with Crippen LogP contribution in [0.4, 0.5) is 0 Å². The van der Waals surface area contributed by atoms with Gasteiger partial charge in [0.15, 0.2) is 17.4 Å². The highest BCUT2D eigenvalue weighted by Gasteiger charge is 1.85. The van der Waals surface area contributed by atoms with E-state index in [1.54, 1.807) is 0 Å². The molecule has 0 bridgehead atoms. The second kappa shape index (κ2) is 8.00. The van der Waals surface area contributed by atoms with Crippen molar-refractivity contribution in [2.24, 2.45) is 0 Å². The number of carbonyl (C=O) groups is 1. The second-order valence-electron chi connectivity index (χ2n) is 1.84. The minimum absolute atomic E-state index is 0. The van der Waals surface area contributed by atoms with Crippen LogP contribution in [0.25, 0.3) is 0 Å². The molecule has 1 amide bonds. The Bertz CT molecular complexity index is 75.5. The van der Waals surface area contributed by atoms with Gasteiger partial charge in [-0.25, -0.2) is 0 Å². The van der Waals surface area contributed by atoms with E-state index in [4.69, 9.17) is 0 Å². The maximum Gasteiger partial charge on any atom is 0.216 e. The largest absolute Gasteiger partial charge is 0.356 e. The molecule has 0 aromatic heterocycles. The molecule has 2 nitrogen and oxygen atoms in total. The van der Waals surface area contributed by atoms with Crippen molar-refractivity contribution in [2.75, 3.05) is 6.54 Å². The van der Waals surface area contributed by atoms with Crippen LogP contribution in [-0.2, 0) is 4.79 Å². The Morgan fingerprint density at radius 1 is 1.56 bits per heavy atom. The van der Waals surface area contributed by atoms with E-state index < -0.39 is 0 Å². The molecule has 0 aromatic carbocycles. The van der Waals surface area contributed by atoms with E-state index in [9.17, 15) is 4.79 Å². The van der Waals surface area contributed by atoms with Gasteiger partial charge in [-0.2, -0.15) is 0 Å². The van der Waals surface area contributed by atoms with E-state index >= 15 is 0 Å². The molecule has 1 N–H and O–H groups in total. The highest BCUT2D eigenvalue weighted by atomic mass is 27.0. The molecule has 0 rings (SSSR count). The molecule has 0 saturated carbocycles. The first-order valence-electron chi connectivity index (χ1n) is 3.01. The fourth-order valence-electron chi connectivity index (χ4n) is 0.441. The van der Waals surface area contributed by atoms with Crippen molar-refractivity contribution in [3.05, 3.63) is 0 Å². The second-order valence-corrected chi connectivity index (χ2v) is 1.84. The number of amides is 1. The third kappa shape index (κ3) is 11.5. The number of nitrogens with one attached hydrogen (secondary N) is 1. The standard InChI is InChI=1S/C6H13NO.Al.3H/c1-3-4-5-7-6(2)8;;;;/h3-5H2,1-2H3,(H,7,8);;;;. The van der Waals surface area contributed by atoms with Gasteiger partial charge < -0.3 is 5.32 Å². The monoisotopic (exact) mass is 145 g/mol. The average Bonchev–Trinajstić information content (AvgIpc) is 1.66. The van der Waals surface area contributed by atoms with Crippen molar-refractivity contribution >= 4 is 23.3 Å². The molecule has 0 aromatic rings. The Morgan fingerprint density at radius 3 is 2.44 bits per heavy atom. The Labute approximate surface area is 67.1 Å². The SMILES string of the molecule is CCCCNC(C)=O.[AlH3]. The Kier molecular flexibility index (Phi) is 10.5. The summed E-state index contributed by atoms with van der Waals surface area (Å²) < 4.78 is 0. The summed E-state index contributed by atoms with van der Waals surface area (Å²) in [6.07, 6.45) is 2.22. The van der Waals surface area contributed by atoms with E-state index in [-0.39, 0.29) is 23.3 Å². The number of unbranched alkanes of at least 4 members (excludes halogenated alkanes) is 1. The van der Waals surface area contributed by atoms with Gasteiger partial charge in [-0.1, -0.05) is 13.3 Å². The summed E-state index contributed by atoms with van der Waals surface area (Å²) >= 11 is 0. The van der Waals surface area contributed by atoms with E-state index in [1.165, 1.54) is 6.92 Å². The lowest BCUT2D eigenvalue weighted by Gasteiger charge is -1.96. The van der Waals surface area contributed by atoms with E-state index in [0.717, 1.165) is 19.4 Å². The number of carbonyl (C=O) groups excluding carboxylic acids is 1. The maximum absolute atomic E-state index is 10.2. The van der Waals surface area contributed by atoms with Crippen LogP contribution in [0.2, 0.25) is 0 Å². The van der Waals surface area contributed by atoms with Crippen LogP contribution in [0.5, 0.6) is 0 Å². The molecule has 0 fully saturated rings. The third-order valence-electron chi connectivity index (χ3n) is 0.904. The van der Waals surface area contributed by atoms with Crippen molar-refractivity contribution in [1.29, 1.82) is 0 Å². The first-order valence-corrected chi connectivity index (χ1v) is 3.01. The van der Waals surface area contributed by atoms with Gasteiger partial charge in [0, 0.05) is 13.5 Å². The molecule has 0 heterocycles. The van der Waals surface area contributed by atoms with Crippen LogP contribution in [0, 0.1) is 0 Å². The van der Waals surface area contributed by atoms with Gasteiger partial charge in [0.2, 0.25) is 5.91 Å². The zero-order chi connectivity index (χ0) is 6.41. The maximum atomic E-state index is 10.2. The van der Waals surface area contributed by atoms with Gasteiger partial charge in [-0.3, -0.25) is 4.79 Å². The molecular formula is C6H16AlNO. The molecule has 0 aliphatic rings. The Hall–Kier alpha value is 0.00247. The highest BCUT2D eigenvalue weighted by Crippen LogP contribution is 1.80. The zero-order valence-corrected chi connectivity index (χ0v) is 5.53. The summed E-state index contributed by atoms with van der Waals surface area (Å²) in [7, 11) is 0. The van der Waals surface area contributed by atoms with Crippen LogP contribution in [0.3, 0.4) is 0 Å². The van der Waals surface area contributed by atoms with Crippen molar-refractivity contribution in [3.63, 3.8) is 0 Å². The van der Waals surface area contributed by atoms with E-state index in [0.29, 0.717) is 0 Å². The van der Waals surface area contributed by atoms with Gasteiger partial charge in [-0.05, 0) is 6.42 Å². The molecule has 54 valence electrons. The predicted molar refractivity (Wildman–Crippen MR) is 43.5 cm³/mol. The van der Waals surface area contributed by atoms with Crippen LogP contribution >= 0.6 is 0 Å². The lowest BCUT2D eigenvalue weighted by Crippen LogP contribution is -2.20. The summed E-state index contributed by atoms with van der Waals surface area (Å²) in [6.45, 7) is 4.46. The van der Waals surface area contributed by atoms with Crippen molar-refractivity contribution in [2.45, 2.75) is 26.7 Å². The van der Waals surface area contributed by atoms with Crippen molar-refractivity contribution in [3.8, 4) is 0 Å². The fraction of sp³-hybridized carbons (Fsp3) is 0.833. The Morgan fingerprint density at radius 2 is 2.11 bits per heavy atom. The lowest BCUT2D eigenvalue weighted by molar-refractivity contribution is -0.118. The summed E-state index contributed by atoms with van der Waals surface area (Å²) in [6, 6.07) is 0. The van der Waals surface area contributed by atoms with Crippen LogP contribution in [0.1, 0.15) is 26.7 Å². The molecule has 0 unspecified atom stereocenters. The van der Waals surface area contributed by atoms with Gasteiger partial charge in [-0.15, -0.1) is 0 Å². The van der Waals surface area contributed by atoms with Gasteiger partial charge >= 0.3 is 0 Å². The van der Waals surface area contributed by atoms with E-state index in [2.05, 4.69) is 12.2 Å². The number of hydrogen-bond donors (Lipinski definition) is 1. The van der Waals surface area contributed by atoms with Crippen molar-refractivity contribution in [1.82, 2.24) is 5.32 Å². The summed E-state index contributed by atoms with van der Waals surface area (Å²) in [5, 5.41) is 2.71. The molecule has 0 saturated heterocycles. The molecular weight excluding hydrogens is 129 g/mol. The smallest absolute Gasteiger partial charge is 0.216 e. The van der Waals surface area contributed by atoms with Gasteiger partial charge in [0.25, 0.3) is 0 Å². The fourth-order valence-corrected chi connectivity index (χ4v) is 0.441. The van der Waals surface area contributed by atoms with Crippen molar-refractivity contribution < 1.29 is 4.79 Å². The zero-order valence-electron chi connectivity index (χ0n) is 5.53. The summed E-state index contributed by atoms with van der Waals surface area (Å²) in [5.74, 6) is 0.0680. The van der Waals surface area contributed by atoms with Gasteiger partial charge in [0.1, 0.15) is 0 Å². The molecule has 0 atom stereocenters. The topological polar surface area (TPSA) is 29.1 Å². The first kappa shape index (κ1) is 11.8. The quantitative estimate of drug-likeness (QED) is 0.430. The molecule has 0 aliphatic heterocycles. The molecule has 0 spiro atoms. The molecule has 9 heavy (non-hydrogen) atoms. The number of hydrogen-bond acceptors (Lipinski definition) is 1. The first-order chi connectivity index (χ1) is 3.77. The summed E-state index contributed by atoms with van der Waals surface area (Å²) in [5.41, 5.74) is 0. The minimum atomic E-state index is 0. The number of rotatable bonds is 3. The molecule has 0 aliphatic carbocycles. The summed E-state index contributed by atoms with van der Waals surface area (Å²) in [4.78, 5) is 10.2. The average molecular weight is 145 g/mol. The van der Waals surface area contributed by atoms with E-state index in [1.807, 2.05) is 0 Å². The minimum Gasteiger partial charge on any atom is -0.356 e. The Balaban J connectivity index is 0. The third-order valence-corrected chi connectivity index (χ3v) is 0.904. The predicted octanol–water partition coefficient (Wildman–Crippen LogP) is -0.261. The molecule has 0 radical (unpaired) electrons.